The van der Waals surface area contributed by atoms with Crippen molar-refractivity contribution >= 4 is 39.1 Å². The van der Waals surface area contributed by atoms with Gasteiger partial charge in [0.1, 0.15) is 22.8 Å². The van der Waals surface area contributed by atoms with E-state index in [1.54, 1.807) is 36.4 Å². The highest BCUT2D eigenvalue weighted by atomic mass is 35.5. The van der Waals surface area contributed by atoms with E-state index in [2.05, 4.69) is 11.3 Å². The summed E-state index contributed by atoms with van der Waals surface area (Å²) < 4.78 is 91.6. The van der Waals surface area contributed by atoms with Crippen LogP contribution in [-0.4, -0.2) is 44.1 Å². The maximum absolute atomic E-state index is 14.7. The number of nitrogens with one attached hydrogen (secondary N) is 1. The average Bonchev–Trinajstić information content (AvgIpc) is 3.79. The van der Waals surface area contributed by atoms with E-state index in [4.69, 9.17) is 27.9 Å². The maximum Gasteiger partial charge on any atom is 0.391 e. The number of halogens is 6. The van der Waals surface area contributed by atoms with E-state index >= 15 is 0 Å². The van der Waals surface area contributed by atoms with Crippen molar-refractivity contribution in [3.63, 3.8) is 0 Å². The fourth-order valence-electron chi connectivity index (χ4n) is 5.92. The van der Waals surface area contributed by atoms with Gasteiger partial charge in [0.05, 0.1) is 18.5 Å². The van der Waals surface area contributed by atoms with Crippen molar-refractivity contribution in [2.45, 2.75) is 60.9 Å². The largest absolute Gasteiger partial charge is 0.391 e. The van der Waals surface area contributed by atoms with Crippen molar-refractivity contribution < 1.29 is 35.5 Å². The van der Waals surface area contributed by atoms with Crippen LogP contribution >= 0.6 is 23.2 Å². The summed E-state index contributed by atoms with van der Waals surface area (Å²) in [5.41, 5.74) is 0.852. The predicted octanol–water partition coefficient (Wildman–Crippen LogP) is 7.65. The molecule has 1 saturated heterocycles. The number of benzene rings is 3. The van der Waals surface area contributed by atoms with Gasteiger partial charge in [-0.25, -0.2) is 17.5 Å². The van der Waals surface area contributed by atoms with E-state index in [-0.39, 0.29) is 24.8 Å². The van der Waals surface area contributed by atoms with E-state index in [1.807, 2.05) is 0 Å². The van der Waals surface area contributed by atoms with E-state index in [0.29, 0.717) is 21.2 Å². The van der Waals surface area contributed by atoms with Gasteiger partial charge in [-0.3, -0.25) is 4.79 Å². The van der Waals surface area contributed by atoms with Gasteiger partial charge in [0.25, 0.3) is 5.91 Å². The Balaban J connectivity index is 1.59. The molecule has 45 heavy (non-hydrogen) atoms. The van der Waals surface area contributed by atoms with Gasteiger partial charge in [0, 0.05) is 28.6 Å². The van der Waals surface area contributed by atoms with Crippen molar-refractivity contribution in [2.75, 3.05) is 6.54 Å². The Bertz CT molecular complexity index is 1670. The summed E-state index contributed by atoms with van der Waals surface area (Å²) in [6.07, 6.45) is -6.93. The highest BCUT2D eigenvalue weighted by molar-refractivity contribution is 7.90. The summed E-state index contributed by atoms with van der Waals surface area (Å²) in [7, 11) is -4.39. The SMILES string of the molecule is C=CC[C@H]1O[C@H](c2cccc(Cl)c2)[C@@H](c2ccc(Cl)cc2)N([C@H](CNS(=O)(=O)C2(c3ccccc3F)CC2)CC(F)(F)F)C1=O. The Morgan fingerprint density at radius 3 is 2.31 bits per heavy atom. The quantitative estimate of drug-likeness (QED) is 0.166. The Kier molecular flexibility index (Phi) is 9.68. The van der Waals surface area contributed by atoms with E-state index < -0.39 is 69.9 Å². The molecule has 0 bridgehead atoms. The number of hydrogen-bond donors (Lipinski definition) is 1. The molecule has 1 amide bonds. The maximum atomic E-state index is 14.7. The van der Waals surface area contributed by atoms with Gasteiger partial charge >= 0.3 is 6.18 Å². The number of alkyl halides is 3. The zero-order valence-electron chi connectivity index (χ0n) is 23.8. The Morgan fingerprint density at radius 1 is 1.02 bits per heavy atom. The number of morpholine rings is 1. The minimum Gasteiger partial charge on any atom is -0.358 e. The molecule has 0 aromatic heterocycles. The Hall–Kier alpha value is -2.96. The van der Waals surface area contributed by atoms with E-state index in [9.17, 15) is 30.8 Å². The molecule has 0 radical (unpaired) electrons. The van der Waals surface area contributed by atoms with E-state index in [0.717, 1.165) is 11.0 Å². The second-order valence-electron chi connectivity index (χ2n) is 11.2. The summed E-state index contributed by atoms with van der Waals surface area (Å²) in [6.45, 7) is 2.89. The molecular weight excluding hydrogens is 655 g/mol. The first kappa shape index (κ1) is 33.4. The van der Waals surface area contributed by atoms with Crippen LogP contribution in [0, 0.1) is 5.82 Å². The van der Waals surface area contributed by atoms with Crippen molar-refractivity contribution in [1.82, 2.24) is 9.62 Å². The number of ether oxygens (including phenoxy) is 1. The molecule has 3 aromatic carbocycles. The number of hydrogen-bond acceptors (Lipinski definition) is 4. The number of sulfonamides is 1. The normalized spacial score (nSPS) is 22.2. The summed E-state index contributed by atoms with van der Waals surface area (Å²) in [6, 6.07) is 15.4. The molecule has 2 aliphatic rings. The molecular formula is C32H30Cl2F4N2O4S. The molecule has 240 valence electrons. The lowest BCUT2D eigenvalue weighted by molar-refractivity contribution is -0.189. The van der Waals surface area contributed by atoms with E-state index in [1.165, 1.54) is 36.4 Å². The molecule has 0 spiro atoms. The zero-order chi connectivity index (χ0) is 32.6. The van der Waals surface area contributed by atoms with Gasteiger partial charge in [-0.05, 0) is 54.3 Å². The predicted molar refractivity (Wildman–Crippen MR) is 164 cm³/mol. The number of carbonyl (C=O) groups is 1. The third-order valence-electron chi connectivity index (χ3n) is 8.15. The standard InChI is InChI=1S/C32H30Cl2F4N2O4S/c1-2-6-27-30(41)40(28(20-11-13-22(33)14-12-20)29(44-27)21-7-5-8-23(34)17-21)24(18-32(36,37)38)19-39-45(42,43)31(15-16-31)25-9-3-4-10-26(25)35/h2-5,7-14,17,24,27-29,39H,1,6,15-16,18-19H2/t24-,27+,28+,29+/m0/s1. The first-order chi connectivity index (χ1) is 21.3. The minimum atomic E-state index is -4.79. The van der Waals surface area contributed by atoms with Crippen LogP contribution in [0.2, 0.25) is 10.0 Å². The number of amides is 1. The molecule has 2 fully saturated rings. The Morgan fingerprint density at radius 2 is 1.71 bits per heavy atom. The fourth-order valence-corrected chi connectivity index (χ4v) is 8.03. The molecule has 1 heterocycles. The van der Waals surface area contributed by atoms with Crippen molar-refractivity contribution in [2.24, 2.45) is 0 Å². The molecule has 1 N–H and O–H groups in total. The van der Waals surface area contributed by atoms with Crippen molar-refractivity contribution in [3.8, 4) is 0 Å². The second kappa shape index (κ2) is 13.0. The first-order valence-corrected chi connectivity index (χ1v) is 16.4. The molecule has 1 aliphatic heterocycles. The summed E-state index contributed by atoms with van der Waals surface area (Å²) >= 11 is 12.4. The monoisotopic (exact) mass is 684 g/mol. The smallest absolute Gasteiger partial charge is 0.358 e. The first-order valence-electron chi connectivity index (χ1n) is 14.2. The number of rotatable bonds is 11. The third-order valence-corrected chi connectivity index (χ3v) is 10.8. The van der Waals surface area contributed by atoms with Gasteiger partial charge in [0.2, 0.25) is 10.0 Å². The van der Waals surface area contributed by atoms with Gasteiger partial charge in [-0.1, -0.05) is 71.7 Å². The molecule has 4 atom stereocenters. The van der Waals surface area contributed by atoms with Crippen LogP contribution in [0.15, 0.2) is 85.5 Å². The fraction of sp³-hybridized carbons (Fsp3) is 0.344. The van der Waals surface area contributed by atoms with Crippen molar-refractivity contribution in [1.29, 1.82) is 0 Å². The molecule has 1 aliphatic carbocycles. The third kappa shape index (κ3) is 7.07. The van der Waals surface area contributed by atoms with Gasteiger partial charge < -0.3 is 9.64 Å². The topological polar surface area (TPSA) is 75.7 Å². The van der Waals surface area contributed by atoms with Crippen LogP contribution in [0.25, 0.3) is 0 Å². The summed E-state index contributed by atoms with van der Waals surface area (Å²) in [4.78, 5) is 15.1. The summed E-state index contributed by atoms with van der Waals surface area (Å²) in [5, 5.41) is 0.705. The average molecular weight is 686 g/mol. The van der Waals surface area contributed by atoms with Gasteiger partial charge in [-0.15, -0.1) is 6.58 Å². The molecule has 1 saturated carbocycles. The zero-order valence-corrected chi connectivity index (χ0v) is 26.1. The van der Waals surface area contributed by atoms with Crippen LogP contribution in [0.4, 0.5) is 17.6 Å². The minimum absolute atomic E-state index is 0.0133. The number of carbonyl (C=O) groups excluding carboxylic acids is 1. The van der Waals surface area contributed by atoms with Gasteiger partial charge in [-0.2, -0.15) is 13.2 Å². The lowest BCUT2D eigenvalue weighted by atomic mass is 9.89. The van der Waals surface area contributed by atoms with Gasteiger partial charge in [0.15, 0.2) is 0 Å². The molecule has 13 heteroatoms. The highest BCUT2D eigenvalue weighted by Crippen LogP contribution is 2.53. The Labute approximate surface area is 269 Å². The molecule has 3 aromatic rings. The van der Waals surface area contributed by atoms with Crippen LogP contribution in [0.1, 0.15) is 54.5 Å². The molecule has 6 nitrogen and oxygen atoms in total. The lowest BCUT2D eigenvalue weighted by Crippen LogP contribution is -2.58. The highest BCUT2D eigenvalue weighted by Gasteiger charge is 2.57. The van der Waals surface area contributed by atoms with Crippen LogP contribution in [-0.2, 0) is 24.3 Å². The van der Waals surface area contributed by atoms with Crippen LogP contribution in [0.5, 0.6) is 0 Å². The van der Waals surface area contributed by atoms with Crippen molar-refractivity contribution in [3.05, 3.63) is 118 Å². The van der Waals surface area contributed by atoms with Crippen LogP contribution in [0.3, 0.4) is 0 Å². The number of nitrogens with zero attached hydrogens (tertiary/aromatic N) is 1. The lowest BCUT2D eigenvalue weighted by Gasteiger charge is -2.48. The summed E-state index contributed by atoms with van der Waals surface area (Å²) in [5.74, 6) is -1.49. The molecule has 0 unspecified atom stereocenters. The second-order valence-corrected chi connectivity index (χ2v) is 14.1. The molecule has 5 rings (SSSR count). The van der Waals surface area contributed by atoms with Crippen LogP contribution < -0.4 is 4.72 Å².